The highest BCUT2D eigenvalue weighted by atomic mass is 16.1. The van der Waals surface area contributed by atoms with E-state index in [1.165, 1.54) is 24.8 Å². The standard InChI is InChI=1S/C23H25N3O/c27-23(24-14-13-18-9-3-1-4-10-18)21-17-25-22(26-15-7-2-8-16-26)20-12-6-5-11-19(20)21/h1,3-6,9-12,17H,2,7-8,13-16H2,(H,24,27). The third-order valence-corrected chi connectivity index (χ3v) is 5.22. The third kappa shape index (κ3) is 3.95. The number of piperidine rings is 1. The molecule has 0 aliphatic carbocycles. The van der Waals surface area contributed by atoms with Gasteiger partial charge in [-0.3, -0.25) is 4.79 Å². The summed E-state index contributed by atoms with van der Waals surface area (Å²) < 4.78 is 0. The number of fused-ring (bicyclic) bond motifs is 1. The molecule has 1 N–H and O–H groups in total. The van der Waals surface area contributed by atoms with Crippen molar-refractivity contribution in [3.63, 3.8) is 0 Å². The summed E-state index contributed by atoms with van der Waals surface area (Å²) in [4.78, 5) is 19.8. The average Bonchev–Trinajstić information content (AvgIpc) is 2.74. The summed E-state index contributed by atoms with van der Waals surface area (Å²) in [6, 6.07) is 18.3. The van der Waals surface area contributed by atoms with E-state index in [1.807, 2.05) is 36.4 Å². The molecule has 0 saturated carbocycles. The Hall–Kier alpha value is -2.88. The zero-order valence-electron chi connectivity index (χ0n) is 15.5. The minimum Gasteiger partial charge on any atom is -0.356 e. The number of carbonyl (C=O) groups is 1. The molecule has 138 valence electrons. The molecule has 1 aliphatic rings. The first-order valence-corrected chi connectivity index (χ1v) is 9.78. The molecule has 1 saturated heterocycles. The maximum absolute atomic E-state index is 12.8. The number of hydrogen-bond acceptors (Lipinski definition) is 3. The third-order valence-electron chi connectivity index (χ3n) is 5.22. The van der Waals surface area contributed by atoms with Gasteiger partial charge in [-0.2, -0.15) is 0 Å². The van der Waals surface area contributed by atoms with Crippen molar-refractivity contribution in [1.29, 1.82) is 0 Å². The molecule has 1 amide bonds. The highest BCUT2D eigenvalue weighted by Crippen LogP contribution is 2.29. The Morgan fingerprint density at radius 1 is 0.926 bits per heavy atom. The molecular formula is C23H25N3O. The number of nitrogens with zero attached hydrogens (tertiary/aromatic N) is 2. The lowest BCUT2D eigenvalue weighted by Gasteiger charge is -2.29. The first-order chi connectivity index (χ1) is 13.3. The van der Waals surface area contributed by atoms with Crippen LogP contribution in [0.2, 0.25) is 0 Å². The Bertz CT molecular complexity index is 917. The van der Waals surface area contributed by atoms with Crippen molar-refractivity contribution in [2.45, 2.75) is 25.7 Å². The van der Waals surface area contributed by atoms with Gasteiger partial charge in [0.2, 0.25) is 0 Å². The minimum absolute atomic E-state index is 0.0557. The topological polar surface area (TPSA) is 45.2 Å². The van der Waals surface area contributed by atoms with Gasteiger partial charge >= 0.3 is 0 Å². The predicted molar refractivity (Wildman–Crippen MR) is 110 cm³/mol. The molecule has 0 unspecified atom stereocenters. The van der Waals surface area contributed by atoms with Crippen molar-refractivity contribution in [3.05, 3.63) is 71.9 Å². The van der Waals surface area contributed by atoms with Gasteiger partial charge < -0.3 is 10.2 Å². The zero-order chi connectivity index (χ0) is 18.5. The summed E-state index contributed by atoms with van der Waals surface area (Å²) in [5.74, 6) is 0.950. The molecule has 0 atom stereocenters. The van der Waals surface area contributed by atoms with Crippen LogP contribution < -0.4 is 10.2 Å². The second kappa shape index (κ2) is 8.21. The molecule has 4 nitrogen and oxygen atoms in total. The number of carbonyl (C=O) groups excluding carboxylic acids is 1. The molecule has 0 bridgehead atoms. The Kier molecular flexibility index (Phi) is 5.33. The molecule has 3 aromatic rings. The number of amides is 1. The van der Waals surface area contributed by atoms with Crippen molar-refractivity contribution >= 4 is 22.5 Å². The number of pyridine rings is 1. The lowest BCUT2D eigenvalue weighted by atomic mass is 10.0. The van der Waals surface area contributed by atoms with E-state index in [9.17, 15) is 4.79 Å². The van der Waals surface area contributed by atoms with Crippen LogP contribution in [0.15, 0.2) is 60.8 Å². The molecule has 1 fully saturated rings. The summed E-state index contributed by atoms with van der Waals surface area (Å²) in [6.45, 7) is 2.70. The van der Waals surface area contributed by atoms with Gasteiger partial charge in [0.25, 0.3) is 5.91 Å². The van der Waals surface area contributed by atoms with Crippen LogP contribution in [0.4, 0.5) is 5.82 Å². The largest absolute Gasteiger partial charge is 0.356 e. The Morgan fingerprint density at radius 2 is 1.63 bits per heavy atom. The van der Waals surface area contributed by atoms with E-state index in [-0.39, 0.29) is 5.91 Å². The van der Waals surface area contributed by atoms with E-state index < -0.39 is 0 Å². The first-order valence-electron chi connectivity index (χ1n) is 9.78. The maximum atomic E-state index is 12.8. The Balaban J connectivity index is 1.54. The molecule has 0 radical (unpaired) electrons. The lowest BCUT2D eigenvalue weighted by molar-refractivity contribution is 0.0955. The Labute approximate surface area is 160 Å². The molecule has 4 rings (SSSR count). The normalized spacial score (nSPS) is 14.3. The predicted octanol–water partition coefficient (Wildman–Crippen LogP) is 4.20. The summed E-state index contributed by atoms with van der Waals surface area (Å²) in [6.07, 6.45) is 6.26. The van der Waals surface area contributed by atoms with Crippen molar-refractivity contribution in [2.24, 2.45) is 0 Å². The van der Waals surface area contributed by atoms with Crippen molar-refractivity contribution in [1.82, 2.24) is 10.3 Å². The second-order valence-corrected chi connectivity index (χ2v) is 7.08. The molecule has 2 heterocycles. The number of hydrogen-bond donors (Lipinski definition) is 1. The molecular weight excluding hydrogens is 334 g/mol. The van der Waals surface area contributed by atoms with E-state index >= 15 is 0 Å². The van der Waals surface area contributed by atoms with Gasteiger partial charge in [-0.05, 0) is 36.6 Å². The van der Waals surface area contributed by atoms with E-state index in [1.54, 1.807) is 6.20 Å². The SMILES string of the molecule is O=C(NCCc1ccccc1)c1cnc(N2CCCCC2)c2ccccc12. The number of rotatable bonds is 5. The summed E-state index contributed by atoms with van der Waals surface area (Å²) in [5, 5.41) is 5.09. The van der Waals surface area contributed by atoms with Crippen LogP contribution in [0.25, 0.3) is 10.8 Å². The molecule has 4 heteroatoms. The fourth-order valence-electron chi connectivity index (χ4n) is 3.78. The quantitative estimate of drug-likeness (QED) is 0.743. The highest BCUT2D eigenvalue weighted by Gasteiger charge is 2.18. The van der Waals surface area contributed by atoms with Crippen molar-refractivity contribution < 1.29 is 4.79 Å². The van der Waals surface area contributed by atoms with E-state index in [0.717, 1.165) is 36.1 Å². The van der Waals surface area contributed by atoms with Crippen LogP contribution in [-0.4, -0.2) is 30.5 Å². The molecule has 0 spiro atoms. The zero-order valence-corrected chi connectivity index (χ0v) is 15.5. The van der Waals surface area contributed by atoms with E-state index in [4.69, 9.17) is 0 Å². The van der Waals surface area contributed by atoms with Gasteiger partial charge in [0.15, 0.2) is 0 Å². The van der Waals surface area contributed by atoms with Gasteiger partial charge in [-0.1, -0.05) is 54.6 Å². The molecule has 1 aromatic heterocycles. The van der Waals surface area contributed by atoms with Crippen LogP contribution in [-0.2, 0) is 6.42 Å². The van der Waals surface area contributed by atoms with Crippen LogP contribution in [0.1, 0.15) is 35.2 Å². The fraction of sp³-hybridized carbons (Fsp3) is 0.304. The number of nitrogens with one attached hydrogen (secondary N) is 1. The maximum Gasteiger partial charge on any atom is 0.253 e. The monoisotopic (exact) mass is 359 g/mol. The smallest absolute Gasteiger partial charge is 0.253 e. The molecule has 1 aliphatic heterocycles. The second-order valence-electron chi connectivity index (χ2n) is 7.08. The number of aromatic nitrogens is 1. The van der Waals surface area contributed by atoms with Gasteiger partial charge in [0.1, 0.15) is 5.82 Å². The minimum atomic E-state index is -0.0557. The van der Waals surface area contributed by atoms with Crippen molar-refractivity contribution in [3.8, 4) is 0 Å². The van der Waals surface area contributed by atoms with E-state index in [0.29, 0.717) is 12.1 Å². The molecule has 2 aromatic carbocycles. The van der Waals surface area contributed by atoms with Gasteiger partial charge in [0, 0.05) is 31.2 Å². The van der Waals surface area contributed by atoms with E-state index in [2.05, 4.69) is 33.4 Å². The van der Waals surface area contributed by atoms with Gasteiger partial charge in [0.05, 0.1) is 5.56 Å². The fourth-order valence-corrected chi connectivity index (χ4v) is 3.78. The highest BCUT2D eigenvalue weighted by molar-refractivity contribution is 6.09. The van der Waals surface area contributed by atoms with Crippen molar-refractivity contribution in [2.75, 3.05) is 24.5 Å². The first kappa shape index (κ1) is 17.5. The van der Waals surface area contributed by atoms with Gasteiger partial charge in [-0.15, -0.1) is 0 Å². The lowest BCUT2D eigenvalue weighted by Crippen LogP contribution is -2.31. The Morgan fingerprint density at radius 3 is 2.41 bits per heavy atom. The average molecular weight is 359 g/mol. The van der Waals surface area contributed by atoms with Gasteiger partial charge in [-0.25, -0.2) is 4.98 Å². The number of benzene rings is 2. The van der Waals surface area contributed by atoms with Crippen LogP contribution >= 0.6 is 0 Å². The van der Waals surface area contributed by atoms with Crippen LogP contribution in [0, 0.1) is 0 Å². The van der Waals surface area contributed by atoms with Crippen LogP contribution in [0.3, 0.4) is 0 Å². The summed E-state index contributed by atoms with van der Waals surface area (Å²) >= 11 is 0. The number of anilines is 1. The summed E-state index contributed by atoms with van der Waals surface area (Å²) in [7, 11) is 0. The van der Waals surface area contributed by atoms with Crippen LogP contribution in [0.5, 0.6) is 0 Å². The summed E-state index contributed by atoms with van der Waals surface area (Å²) in [5.41, 5.74) is 1.88. The molecule has 27 heavy (non-hydrogen) atoms.